The molecular formula is C16H22N4O3S. The average Bonchev–Trinajstić information content (AvgIpc) is 2.49. The third-order valence-corrected chi connectivity index (χ3v) is 4.66. The van der Waals surface area contributed by atoms with Gasteiger partial charge in [0.1, 0.15) is 0 Å². The number of sulfone groups is 1. The lowest BCUT2D eigenvalue weighted by atomic mass is 10.00. The maximum atomic E-state index is 12.1. The first-order valence-corrected chi connectivity index (χ1v) is 9.50. The van der Waals surface area contributed by atoms with Crippen molar-refractivity contribution in [1.82, 2.24) is 0 Å². The number of hydrogen-bond donors (Lipinski definition) is 2. The Morgan fingerprint density at radius 3 is 2.42 bits per heavy atom. The normalized spacial score (nSPS) is 10.9. The Hall–Kier alpha value is -2.40. The van der Waals surface area contributed by atoms with Crippen molar-refractivity contribution in [2.45, 2.75) is 43.9 Å². The minimum absolute atomic E-state index is 0.0344. The standard InChI is InChI=1S/C16H22N4O3S/c1-3-4-5-6-7-11-8-12(10-17)13(15(21)20-16(18)19)9-14(11)24(2,22)23/h8-9H,3-7H2,1-2H3,(H4,18,19,20,21). The van der Waals surface area contributed by atoms with Gasteiger partial charge < -0.3 is 11.5 Å². The lowest BCUT2D eigenvalue weighted by Crippen LogP contribution is -2.24. The van der Waals surface area contributed by atoms with E-state index in [2.05, 4.69) is 11.9 Å². The van der Waals surface area contributed by atoms with E-state index in [4.69, 9.17) is 11.5 Å². The van der Waals surface area contributed by atoms with Gasteiger partial charge in [-0.15, -0.1) is 0 Å². The smallest absolute Gasteiger partial charge is 0.281 e. The molecule has 0 aliphatic heterocycles. The Balaban J connectivity index is 3.38. The van der Waals surface area contributed by atoms with Gasteiger partial charge in [-0.1, -0.05) is 26.2 Å². The molecule has 0 fully saturated rings. The summed E-state index contributed by atoms with van der Waals surface area (Å²) in [6.07, 6.45) is 5.49. The minimum Gasteiger partial charge on any atom is -0.370 e. The molecule has 1 aromatic rings. The van der Waals surface area contributed by atoms with Crippen LogP contribution in [0.5, 0.6) is 0 Å². The van der Waals surface area contributed by atoms with Gasteiger partial charge in [-0.3, -0.25) is 4.79 Å². The zero-order valence-electron chi connectivity index (χ0n) is 13.9. The molecule has 130 valence electrons. The maximum Gasteiger partial charge on any atom is 0.281 e. The number of carbonyl (C=O) groups excluding carboxylic acids is 1. The molecule has 0 spiro atoms. The minimum atomic E-state index is -3.56. The van der Waals surface area contributed by atoms with Crippen molar-refractivity contribution in [2.75, 3.05) is 6.26 Å². The molecule has 8 heteroatoms. The van der Waals surface area contributed by atoms with Crippen molar-refractivity contribution >= 4 is 21.7 Å². The van der Waals surface area contributed by atoms with Gasteiger partial charge in [0.2, 0.25) is 0 Å². The summed E-state index contributed by atoms with van der Waals surface area (Å²) in [6.45, 7) is 2.08. The van der Waals surface area contributed by atoms with Crippen LogP contribution in [0.4, 0.5) is 0 Å². The maximum absolute atomic E-state index is 12.1. The molecular weight excluding hydrogens is 328 g/mol. The van der Waals surface area contributed by atoms with E-state index < -0.39 is 21.7 Å². The molecule has 24 heavy (non-hydrogen) atoms. The van der Waals surface area contributed by atoms with E-state index in [0.717, 1.165) is 31.9 Å². The highest BCUT2D eigenvalue weighted by Crippen LogP contribution is 2.24. The largest absolute Gasteiger partial charge is 0.370 e. The molecule has 0 aliphatic carbocycles. The molecule has 0 unspecified atom stereocenters. The predicted octanol–water partition coefficient (Wildman–Crippen LogP) is 1.50. The Morgan fingerprint density at radius 1 is 1.25 bits per heavy atom. The summed E-state index contributed by atoms with van der Waals surface area (Å²) in [7, 11) is -3.56. The van der Waals surface area contributed by atoms with Crippen LogP contribution in [0.2, 0.25) is 0 Å². The average molecular weight is 350 g/mol. The number of unbranched alkanes of at least 4 members (excludes halogenated alkanes) is 3. The summed E-state index contributed by atoms with van der Waals surface area (Å²) in [5.74, 6) is -1.29. The van der Waals surface area contributed by atoms with Gasteiger partial charge in [-0.2, -0.15) is 10.3 Å². The van der Waals surface area contributed by atoms with Gasteiger partial charge in [-0.25, -0.2) is 8.42 Å². The number of amides is 1. The summed E-state index contributed by atoms with van der Waals surface area (Å²) < 4.78 is 24.1. The Kier molecular flexibility index (Phi) is 6.92. The van der Waals surface area contributed by atoms with Crippen molar-refractivity contribution in [2.24, 2.45) is 16.5 Å². The zero-order valence-corrected chi connectivity index (χ0v) is 14.7. The molecule has 0 heterocycles. The number of nitrogens with zero attached hydrogens (tertiary/aromatic N) is 2. The number of rotatable bonds is 7. The number of guanidine groups is 1. The molecule has 1 rings (SSSR count). The lowest BCUT2D eigenvalue weighted by Gasteiger charge is -2.11. The molecule has 0 saturated carbocycles. The summed E-state index contributed by atoms with van der Waals surface area (Å²) >= 11 is 0. The van der Waals surface area contributed by atoms with Crippen LogP contribution in [0.25, 0.3) is 0 Å². The Bertz CT molecular complexity index is 788. The molecule has 4 N–H and O–H groups in total. The fourth-order valence-electron chi connectivity index (χ4n) is 2.35. The molecule has 1 aromatic carbocycles. The Morgan fingerprint density at radius 2 is 1.92 bits per heavy atom. The SMILES string of the molecule is CCCCCCc1cc(C#N)c(C(=O)N=C(N)N)cc1S(C)(=O)=O. The van der Waals surface area contributed by atoms with E-state index in [1.807, 2.05) is 6.07 Å². The predicted molar refractivity (Wildman–Crippen MR) is 92.3 cm³/mol. The zero-order chi connectivity index (χ0) is 18.3. The number of hydrogen-bond acceptors (Lipinski definition) is 4. The van der Waals surface area contributed by atoms with Crippen molar-refractivity contribution in [3.63, 3.8) is 0 Å². The van der Waals surface area contributed by atoms with Crippen LogP contribution < -0.4 is 11.5 Å². The van der Waals surface area contributed by atoms with Crippen LogP contribution in [0, 0.1) is 11.3 Å². The van der Waals surface area contributed by atoms with E-state index in [0.29, 0.717) is 12.0 Å². The number of carbonyl (C=O) groups is 1. The van der Waals surface area contributed by atoms with Crippen LogP contribution in [-0.4, -0.2) is 26.5 Å². The van der Waals surface area contributed by atoms with Crippen molar-refractivity contribution in [1.29, 1.82) is 5.26 Å². The summed E-state index contributed by atoms with van der Waals surface area (Å²) in [5, 5.41) is 9.27. The van der Waals surface area contributed by atoms with Crippen molar-refractivity contribution < 1.29 is 13.2 Å². The van der Waals surface area contributed by atoms with E-state index in [-0.39, 0.29) is 16.0 Å². The van der Waals surface area contributed by atoms with Crippen molar-refractivity contribution in [3.05, 3.63) is 28.8 Å². The molecule has 0 saturated heterocycles. The number of aliphatic imine (C=N–C) groups is 1. The number of aryl methyl sites for hydroxylation is 1. The first-order valence-electron chi connectivity index (χ1n) is 7.61. The van der Waals surface area contributed by atoms with Gasteiger partial charge in [-0.05, 0) is 30.5 Å². The van der Waals surface area contributed by atoms with Crippen LogP contribution in [0.1, 0.15) is 54.1 Å². The molecule has 7 nitrogen and oxygen atoms in total. The quantitative estimate of drug-likeness (QED) is 0.434. The fourth-order valence-corrected chi connectivity index (χ4v) is 3.32. The summed E-state index contributed by atoms with van der Waals surface area (Å²) in [4.78, 5) is 15.4. The summed E-state index contributed by atoms with van der Waals surface area (Å²) in [6, 6.07) is 4.54. The topological polar surface area (TPSA) is 139 Å². The first-order chi connectivity index (χ1) is 11.2. The Labute approximate surface area is 142 Å². The number of nitrogens with two attached hydrogens (primary N) is 2. The molecule has 0 bridgehead atoms. The molecule has 1 amide bonds. The second-order valence-corrected chi connectivity index (χ2v) is 7.53. The third kappa shape index (κ3) is 5.35. The van der Waals surface area contributed by atoms with Gasteiger partial charge in [0.25, 0.3) is 5.91 Å². The summed E-state index contributed by atoms with van der Waals surface area (Å²) in [5.41, 5.74) is 10.8. The molecule has 0 atom stereocenters. The van der Waals surface area contributed by atoms with Gasteiger partial charge >= 0.3 is 0 Å². The second kappa shape index (κ2) is 8.45. The number of nitriles is 1. The highest BCUT2D eigenvalue weighted by atomic mass is 32.2. The number of benzene rings is 1. The van der Waals surface area contributed by atoms with Gasteiger partial charge in [0, 0.05) is 6.26 Å². The lowest BCUT2D eigenvalue weighted by molar-refractivity contribution is 0.100. The van der Waals surface area contributed by atoms with E-state index in [1.54, 1.807) is 0 Å². The second-order valence-electron chi connectivity index (χ2n) is 5.54. The molecule has 0 aromatic heterocycles. The van der Waals surface area contributed by atoms with Crippen LogP contribution >= 0.6 is 0 Å². The third-order valence-electron chi connectivity index (χ3n) is 3.48. The van der Waals surface area contributed by atoms with Crippen LogP contribution in [0.15, 0.2) is 22.0 Å². The van der Waals surface area contributed by atoms with E-state index >= 15 is 0 Å². The molecule has 0 aliphatic rings. The molecule has 0 radical (unpaired) electrons. The van der Waals surface area contributed by atoms with Gasteiger partial charge in [0.15, 0.2) is 15.8 Å². The van der Waals surface area contributed by atoms with Gasteiger partial charge in [0.05, 0.1) is 22.1 Å². The monoisotopic (exact) mass is 350 g/mol. The van der Waals surface area contributed by atoms with Crippen LogP contribution in [0.3, 0.4) is 0 Å². The highest BCUT2D eigenvalue weighted by Gasteiger charge is 2.20. The fraction of sp³-hybridized carbons (Fsp3) is 0.438. The van der Waals surface area contributed by atoms with Crippen LogP contribution in [-0.2, 0) is 16.3 Å². The van der Waals surface area contributed by atoms with E-state index in [1.165, 1.54) is 12.1 Å². The van der Waals surface area contributed by atoms with E-state index in [9.17, 15) is 18.5 Å². The first kappa shape index (κ1) is 19.6. The highest BCUT2D eigenvalue weighted by molar-refractivity contribution is 7.90. The van der Waals surface area contributed by atoms with Crippen molar-refractivity contribution in [3.8, 4) is 6.07 Å².